The van der Waals surface area contributed by atoms with E-state index in [1.807, 2.05) is 30.3 Å². The third-order valence-electron chi connectivity index (χ3n) is 2.24. The van der Waals surface area contributed by atoms with Crippen LogP contribution in [0.3, 0.4) is 0 Å². The molecular formula is C12H8N2O. The summed E-state index contributed by atoms with van der Waals surface area (Å²) in [6.45, 7) is 0. The smallest absolute Gasteiger partial charge is 0.156 e. The standard InChI is InChI=1S/C12H8N2O/c1-2-4-11-9(3-1)7-14-10-8-13-6-5-12(10)15-11/h1-8H. The Hall–Kier alpha value is -2.16. The first-order valence-electron chi connectivity index (χ1n) is 4.68. The van der Waals surface area contributed by atoms with Gasteiger partial charge in [-0.15, -0.1) is 0 Å². The van der Waals surface area contributed by atoms with Gasteiger partial charge >= 0.3 is 0 Å². The molecule has 0 saturated carbocycles. The number of para-hydroxylation sites is 1. The monoisotopic (exact) mass is 196 g/mol. The lowest BCUT2D eigenvalue weighted by Gasteiger charge is -2.06. The quantitative estimate of drug-likeness (QED) is 0.554. The second kappa shape index (κ2) is 3.20. The molecule has 2 heterocycles. The Balaban J connectivity index is 2.19. The zero-order valence-electron chi connectivity index (χ0n) is 7.92. The summed E-state index contributed by atoms with van der Waals surface area (Å²) in [6.07, 6.45) is 5.18. The van der Waals surface area contributed by atoms with Crippen LogP contribution in [0.4, 0.5) is 5.69 Å². The predicted octanol–water partition coefficient (Wildman–Crippen LogP) is 2.94. The second-order valence-electron chi connectivity index (χ2n) is 3.24. The van der Waals surface area contributed by atoms with Crippen LogP contribution in [0, 0.1) is 0 Å². The number of hydrogen-bond donors (Lipinski definition) is 0. The van der Waals surface area contributed by atoms with E-state index < -0.39 is 0 Å². The first-order chi connectivity index (χ1) is 7.43. The van der Waals surface area contributed by atoms with Crippen LogP contribution in [0.1, 0.15) is 5.56 Å². The lowest BCUT2D eigenvalue weighted by atomic mass is 10.2. The number of nitrogens with zero attached hydrogens (tertiary/aromatic N) is 2. The summed E-state index contributed by atoms with van der Waals surface area (Å²) in [7, 11) is 0. The number of aromatic nitrogens is 1. The van der Waals surface area contributed by atoms with Crippen molar-refractivity contribution in [2.75, 3.05) is 0 Å². The molecule has 0 spiro atoms. The van der Waals surface area contributed by atoms with Crippen LogP contribution in [0.15, 0.2) is 47.7 Å². The van der Waals surface area contributed by atoms with Gasteiger partial charge in [0, 0.05) is 24.0 Å². The molecule has 0 radical (unpaired) electrons. The summed E-state index contributed by atoms with van der Waals surface area (Å²) in [5.74, 6) is 1.57. The average Bonchev–Trinajstić information content (AvgIpc) is 2.48. The largest absolute Gasteiger partial charge is 0.454 e. The van der Waals surface area contributed by atoms with Crippen molar-refractivity contribution < 1.29 is 4.74 Å². The number of hydrogen-bond acceptors (Lipinski definition) is 3. The minimum absolute atomic E-state index is 0.742. The van der Waals surface area contributed by atoms with E-state index in [0.29, 0.717) is 0 Å². The van der Waals surface area contributed by atoms with E-state index in [9.17, 15) is 0 Å². The third kappa shape index (κ3) is 1.38. The summed E-state index contributed by atoms with van der Waals surface area (Å²) < 4.78 is 5.74. The molecule has 0 fully saturated rings. The molecule has 0 atom stereocenters. The lowest BCUT2D eigenvalue weighted by molar-refractivity contribution is 0.484. The van der Waals surface area contributed by atoms with E-state index in [4.69, 9.17) is 4.74 Å². The van der Waals surface area contributed by atoms with E-state index in [2.05, 4.69) is 9.98 Å². The molecule has 0 aliphatic carbocycles. The van der Waals surface area contributed by atoms with Crippen molar-refractivity contribution >= 4 is 11.9 Å². The topological polar surface area (TPSA) is 34.5 Å². The third-order valence-corrected chi connectivity index (χ3v) is 2.24. The van der Waals surface area contributed by atoms with Gasteiger partial charge in [0.05, 0.1) is 6.20 Å². The Morgan fingerprint density at radius 2 is 1.93 bits per heavy atom. The number of fused-ring (bicyclic) bond motifs is 2. The van der Waals surface area contributed by atoms with Gasteiger partial charge in [0.25, 0.3) is 0 Å². The zero-order chi connectivity index (χ0) is 10.1. The maximum Gasteiger partial charge on any atom is 0.156 e. The van der Waals surface area contributed by atoms with Crippen molar-refractivity contribution in [1.82, 2.24) is 4.98 Å². The molecule has 0 saturated heterocycles. The molecule has 0 bridgehead atoms. The number of benzene rings is 1. The Morgan fingerprint density at radius 3 is 2.93 bits per heavy atom. The van der Waals surface area contributed by atoms with Gasteiger partial charge in [-0.25, -0.2) is 0 Å². The highest BCUT2D eigenvalue weighted by molar-refractivity contribution is 5.87. The first-order valence-corrected chi connectivity index (χ1v) is 4.68. The van der Waals surface area contributed by atoms with Crippen LogP contribution in [0.25, 0.3) is 0 Å². The molecule has 0 unspecified atom stereocenters. The van der Waals surface area contributed by atoms with Gasteiger partial charge in [-0.05, 0) is 12.1 Å². The fraction of sp³-hybridized carbons (Fsp3) is 0. The summed E-state index contributed by atoms with van der Waals surface area (Å²) in [4.78, 5) is 8.32. The van der Waals surface area contributed by atoms with Crippen molar-refractivity contribution in [3.8, 4) is 11.5 Å². The van der Waals surface area contributed by atoms with Crippen molar-refractivity contribution in [1.29, 1.82) is 0 Å². The molecule has 15 heavy (non-hydrogen) atoms. The van der Waals surface area contributed by atoms with Gasteiger partial charge in [0.2, 0.25) is 0 Å². The van der Waals surface area contributed by atoms with Crippen LogP contribution in [0.2, 0.25) is 0 Å². The molecular weight excluding hydrogens is 188 g/mol. The van der Waals surface area contributed by atoms with Crippen LogP contribution < -0.4 is 4.74 Å². The molecule has 1 aliphatic heterocycles. The molecule has 3 heteroatoms. The van der Waals surface area contributed by atoms with Gasteiger partial charge < -0.3 is 4.74 Å². The molecule has 0 N–H and O–H groups in total. The van der Waals surface area contributed by atoms with Gasteiger partial charge in [-0.2, -0.15) is 0 Å². The maximum absolute atomic E-state index is 5.74. The summed E-state index contributed by atoms with van der Waals surface area (Å²) in [5, 5.41) is 0. The fourth-order valence-corrected chi connectivity index (χ4v) is 1.49. The fourth-order valence-electron chi connectivity index (χ4n) is 1.49. The first kappa shape index (κ1) is 8.17. The molecule has 1 aromatic heterocycles. The number of aliphatic imine (C=N–C) groups is 1. The van der Waals surface area contributed by atoms with Crippen LogP contribution in [0.5, 0.6) is 11.5 Å². The highest BCUT2D eigenvalue weighted by Gasteiger charge is 2.09. The molecule has 1 aliphatic rings. The van der Waals surface area contributed by atoms with Crippen molar-refractivity contribution in [2.45, 2.75) is 0 Å². The van der Waals surface area contributed by atoms with Crippen LogP contribution in [-0.4, -0.2) is 11.2 Å². The average molecular weight is 196 g/mol. The molecule has 2 aromatic rings. The Kier molecular flexibility index (Phi) is 1.75. The highest BCUT2D eigenvalue weighted by atomic mass is 16.5. The van der Waals surface area contributed by atoms with E-state index in [0.717, 1.165) is 22.7 Å². The van der Waals surface area contributed by atoms with E-state index in [-0.39, 0.29) is 0 Å². The van der Waals surface area contributed by atoms with Crippen molar-refractivity contribution in [3.63, 3.8) is 0 Å². The maximum atomic E-state index is 5.74. The highest BCUT2D eigenvalue weighted by Crippen LogP contribution is 2.34. The Bertz CT molecular complexity index is 487. The minimum atomic E-state index is 0.742. The lowest BCUT2D eigenvalue weighted by Crippen LogP contribution is -1.87. The molecule has 1 aromatic carbocycles. The van der Waals surface area contributed by atoms with Gasteiger partial charge in [-0.3, -0.25) is 9.98 Å². The normalized spacial score (nSPS) is 12.3. The Morgan fingerprint density at radius 1 is 1.00 bits per heavy atom. The van der Waals surface area contributed by atoms with Crippen molar-refractivity contribution in [3.05, 3.63) is 48.3 Å². The SMILES string of the molecule is C1=Nc2cnccc2Oc2ccccc21. The van der Waals surface area contributed by atoms with Crippen LogP contribution >= 0.6 is 0 Å². The molecule has 3 rings (SSSR count). The van der Waals surface area contributed by atoms with Gasteiger partial charge in [0.1, 0.15) is 11.4 Å². The van der Waals surface area contributed by atoms with Gasteiger partial charge in [-0.1, -0.05) is 12.1 Å². The minimum Gasteiger partial charge on any atom is -0.454 e. The van der Waals surface area contributed by atoms with E-state index in [1.54, 1.807) is 18.6 Å². The number of ether oxygens (including phenoxy) is 1. The van der Waals surface area contributed by atoms with E-state index >= 15 is 0 Å². The number of pyridine rings is 1. The zero-order valence-corrected chi connectivity index (χ0v) is 7.92. The molecule has 72 valence electrons. The predicted molar refractivity (Wildman–Crippen MR) is 58.0 cm³/mol. The van der Waals surface area contributed by atoms with Crippen LogP contribution in [-0.2, 0) is 0 Å². The second-order valence-corrected chi connectivity index (χ2v) is 3.24. The summed E-state index contributed by atoms with van der Waals surface area (Å²) in [6, 6.07) is 9.62. The number of rotatable bonds is 0. The Labute approximate surface area is 87.1 Å². The van der Waals surface area contributed by atoms with Crippen molar-refractivity contribution in [2.24, 2.45) is 4.99 Å². The molecule has 0 amide bonds. The van der Waals surface area contributed by atoms with Gasteiger partial charge in [0.15, 0.2) is 5.75 Å². The summed E-state index contributed by atoms with van der Waals surface area (Å²) in [5.41, 5.74) is 1.74. The van der Waals surface area contributed by atoms with E-state index in [1.165, 1.54) is 0 Å². The summed E-state index contributed by atoms with van der Waals surface area (Å²) >= 11 is 0. The molecule has 3 nitrogen and oxygen atoms in total.